The van der Waals surface area contributed by atoms with E-state index in [0.29, 0.717) is 5.56 Å². The summed E-state index contributed by atoms with van der Waals surface area (Å²) < 4.78 is 0. The smallest absolute Gasteiger partial charge is 0.320 e. The highest BCUT2D eigenvalue weighted by atomic mass is 16.4. The fourth-order valence-electron chi connectivity index (χ4n) is 1.04. The summed E-state index contributed by atoms with van der Waals surface area (Å²) >= 11 is 0. The van der Waals surface area contributed by atoms with Crippen LogP contribution in [0.5, 0.6) is 11.5 Å². The Hall–Kier alpha value is -1.79. The number of carbonyl (C=O) groups is 1. The van der Waals surface area contributed by atoms with Gasteiger partial charge in [-0.2, -0.15) is 0 Å². The van der Waals surface area contributed by atoms with Gasteiger partial charge in [0.05, 0.1) is 0 Å². The number of hydrogen-bond donors (Lipinski definition) is 5. The van der Waals surface area contributed by atoms with Crippen molar-refractivity contribution in [2.45, 2.75) is 19.4 Å². The molecule has 0 aliphatic rings. The van der Waals surface area contributed by atoms with Crippen LogP contribution in [0.4, 0.5) is 0 Å². The van der Waals surface area contributed by atoms with Gasteiger partial charge >= 0.3 is 5.97 Å². The standard InChI is InChI=1S/C9H11NO4.C2H6O/c10-6(9(13)14)3-5-1-2-7(11)8(12)4-5;1-2-3/h1-2,4,6,11-12H,3,10H2,(H,13,14);3H,2H2,1H3. The van der Waals surface area contributed by atoms with Gasteiger partial charge in [-0.05, 0) is 31.0 Å². The van der Waals surface area contributed by atoms with Crippen molar-refractivity contribution in [3.8, 4) is 11.5 Å². The van der Waals surface area contributed by atoms with Gasteiger partial charge in [-0.25, -0.2) is 0 Å². The van der Waals surface area contributed by atoms with Crippen molar-refractivity contribution in [2.24, 2.45) is 5.73 Å². The molecule has 1 aromatic rings. The Balaban J connectivity index is 0.000000770. The highest BCUT2D eigenvalue weighted by molar-refractivity contribution is 5.73. The molecule has 96 valence electrons. The van der Waals surface area contributed by atoms with E-state index in [1.807, 2.05) is 0 Å². The molecule has 0 heterocycles. The normalized spacial score (nSPS) is 11.2. The predicted molar refractivity (Wildman–Crippen MR) is 61.8 cm³/mol. The second-order valence-corrected chi connectivity index (χ2v) is 3.29. The van der Waals surface area contributed by atoms with Crippen molar-refractivity contribution in [1.82, 2.24) is 0 Å². The van der Waals surface area contributed by atoms with Gasteiger partial charge in [0, 0.05) is 6.61 Å². The molecule has 1 aromatic carbocycles. The molecule has 1 rings (SSSR count). The van der Waals surface area contributed by atoms with Gasteiger partial charge in [-0.3, -0.25) is 4.79 Å². The summed E-state index contributed by atoms with van der Waals surface area (Å²) in [6, 6.07) is 3.09. The van der Waals surface area contributed by atoms with Crippen molar-refractivity contribution >= 4 is 5.97 Å². The van der Waals surface area contributed by atoms with E-state index in [-0.39, 0.29) is 24.5 Å². The molecule has 0 radical (unpaired) electrons. The van der Waals surface area contributed by atoms with Crippen LogP contribution in [0.1, 0.15) is 12.5 Å². The zero-order valence-electron chi connectivity index (χ0n) is 9.50. The Bertz CT molecular complexity index is 367. The molecule has 0 spiro atoms. The number of aliphatic hydroxyl groups excluding tert-OH is 1. The number of aliphatic carboxylic acids is 1. The van der Waals surface area contributed by atoms with E-state index < -0.39 is 12.0 Å². The zero-order chi connectivity index (χ0) is 13.4. The maximum atomic E-state index is 10.4. The van der Waals surface area contributed by atoms with Crippen molar-refractivity contribution in [3.05, 3.63) is 23.8 Å². The number of carboxylic acids is 1. The molecule has 6 nitrogen and oxygen atoms in total. The van der Waals surface area contributed by atoms with Gasteiger partial charge in [0.25, 0.3) is 0 Å². The molecular formula is C11H17NO5. The van der Waals surface area contributed by atoms with Crippen LogP contribution in [0.2, 0.25) is 0 Å². The second-order valence-electron chi connectivity index (χ2n) is 3.29. The van der Waals surface area contributed by atoms with Crippen molar-refractivity contribution in [1.29, 1.82) is 0 Å². The molecule has 6 N–H and O–H groups in total. The first-order valence-corrected chi connectivity index (χ1v) is 5.02. The maximum absolute atomic E-state index is 10.4. The monoisotopic (exact) mass is 243 g/mol. The number of nitrogens with two attached hydrogens (primary N) is 1. The number of phenolic OH excluding ortho intramolecular Hbond substituents is 2. The molecule has 6 heteroatoms. The molecule has 17 heavy (non-hydrogen) atoms. The summed E-state index contributed by atoms with van der Waals surface area (Å²) in [5.41, 5.74) is 5.86. The Morgan fingerprint density at radius 2 is 1.88 bits per heavy atom. The van der Waals surface area contributed by atoms with Gasteiger partial charge in [-0.15, -0.1) is 0 Å². The lowest BCUT2D eigenvalue weighted by atomic mass is 10.1. The lowest BCUT2D eigenvalue weighted by Crippen LogP contribution is -2.32. The number of hydrogen-bond acceptors (Lipinski definition) is 5. The molecule has 1 atom stereocenters. The third-order valence-corrected chi connectivity index (χ3v) is 1.81. The van der Waals surface area contributed by atoms with E-state index in [4.69, 9.17) is 26.2 Å². The molecular weight excluding hydrogens is 226 g/mol. The Morgan fingerprint density at radius 1 is 1.35 bits per heavy atom. The SMILES string of the molecule is CCO.NC(Cc1ccc(O)c(O)c1)C(=O)O. The summed E-state index contributed by atoms with van der Waals surface area (Å²) in [7, 11) is 0. The van der Waals surface area contributed by atoms with Crippen LogP contribution in [0, 0.1) is 0 Å². The minimum Gasteiger partial charge on any atom is -0.504 e. The van der Waals surface area contributed by atoms with Crippen LogP contribution in [0.15, 0.2) is 18.2 Å². The number of aliphatic hydroxyl groups is 1. The number of rotatable bonds is 3. The van der Waals surface area contributed by atoms with Crippen molar-refractivity contribution < 1.29 is 25.2 Å². The molecule has 0 saturated carbocycles. The minimum absolute atomic E-state index is 0.114. The molecule has 0 fully saturated rings. The van der Waals surface area contributed by atoms with E-state index in [0.717, 1.165) is 0 Å². The first-order chi connectivity index (χ1) is 7.92. The van der Waals surface area contributed by atoms with Gasteiger partial charge in [0.15, 0.2) is 11.5 Å². The first-order valence-electron chi connectivity index (χ1n) is 5.02. The van der Waals surface area contributed by atoms with Gasteiger partial charge < -0.3 is 26.2 Å². The van der Waals surface area contributed by atoms with E-state index in [9.17, 15) is 4.79 Å². The van der Waals surface area contributed by atoms with Crippen molar-refractivity contribution in [3.63, 3.8) is 0 Å². The van der Waals surface area contributed by atoms with Crippen LogP contribution in [-0.4, -0.2) is 39.0 Å². The number of phenols is 2. The van der Waals surface area contributed by atoms with Gasteiger partial charge in [-0.1, -0.05) is 6.07 Å². The molecule has 0 saturated heterocycles. The summed E-state index contributed by atoms with van der Waals surface area (Å²) in [6.45, 7) is 1.93. The average molecular weight is 243 g/mol. The molecule has 0 bridgehead atoms. The van der Waals surface area contributed by atoms with E-state index in [1.54, 1.807) is 6.92 Å². The molecule has 0 aliphatic carbocycles. The summed E-state index contributed by atoms with van der Waals surface area (Å²) in [4.78, 5) is 10.4. The van der Waals surface area contributed by atoms with Crippen molar-refractivity contribution in [2.75, 3.05) is 6.61 Å². The summed E-state index contributed by atoms with van der Waals surface area (Å²) in [5.74, 6) is -1.62. The maximum Gasteiger partial charge on any atom is 0.320 e. The average Bonchev–Trinajstić information content (AvgIpc) is 2.24. The highest BCUT2D eigenvalue weighted by Crippen LogP contribution is 2.25. The summed E-state index contributed by atoms with van der Waals surface area (Å²) in [6.07, 6.45) is 0.114. The molecule has 0 amide bonds. The van der Waals surface area contributed by atoms with E-state index in [2.05, 4.69) is 0 Å². The fourth-order valence-corrected chi connectivity index (χ4v) is 1.04. The lowest BCUT2D eigenvalue weighted by molar-refractivity contribution is -0.138. The van der Waals surface area contributed by atoms with E-state index in [1.165, 1.54) is 18.2 Å². The highest BCUT2D eigenvalue weighted by Gasteiger charge is 2.12. The Labute approximate surface area is 98.9 Å². The van der Waals surface area contributed by atoms with Crippen LogP contribution in [0.25, 0.3) is 0 Å². The largest absolute Gasteiger partial charge is 0.504 e. The lowest BCUT2D eigenvalue weighted by Gasteiger charge is -2.06. The number of benzene rings is 1. The second kappa shape index (κ2) is 7.48. The van der Waals surface area contributed by atoms with Crippen LogP contribution in [-0.2, 0) is 11.2 Å². The topological polar surface area (TPSA) is 124 Å². The van der Waals surface area contributed by atoms with Crippen LogP contribution < -0.4 is 5.73 Å². The number of aromatic hydroxyl groups is 2. The molecule has 0 aliphatic heterocycles. The predicted octanol–water partition coefficient (Wildman–Crippen LogP) is 0.0508. The first kappa shape index (κ1) is 15.2. The third-order valence-electron chi connectivity index (χ3n) is 1.81. The minimum atomic E-state index is -1.10. The molecule has 1 unspecified atom stereocenters. The Kier molecular flexibility index (Phi) is 6.69. The van der Waals surface area contributed by atoms with Crippen LogP contribution >= 0.6 is 0 Å². The number of carboxylic acid groups (broad SMARTS) is 1. The van der Waals surface area contributed by atoms with E-state index >= 15 is 0 Å². The quantitative estimate of drug-likeness (QED) is 0.478. The molecule has 0 aromatic heterocycles. The fraction of sp³-hybridized carbons (Fsp3) is 0.364. The Morgan fingerprint density at radius 3 is 2.29 bits per heavy atom. The van der Waals surface area contributed by atoms with Gasteiger partial charge in [0.1, 0.15) is 6.04 Å². The zero-order valence-corrected chi connectivity index (χ0v) is 9.50. The van der Waals surface area contributed by atoms with Gasteiger partial charge in [0.2, 0.25) is 0 Å². The van der Waals surface area contributed by atoms with Crippen LogP contribution in [0.3, 0.4) is 0 Å². The summed E-state index contributed by atoms with van der Waals surface area (Å²) in [5, 5.41) is 34.2. The third kappa shape index (κ3) is 5.74.